The molecule has 1 aromatic carbocycles. The quantitative estimate of drug-likeness (QED) is 0.703. The van der Waals surface area contributed by atoms with Crippen molar-refractivity contribution in [1.82, 2.24) is 5.32 Å². The first-order chi connectivity index (χ1) is 10.5. The number of rotatable bonds is 8. The van der Waals surface area contributed by atoms with Crippen molar-refractivity contribution < 1.29 is 24.2 Å². The molecule has 2 N–H and O–H groups in total. The van der Waals surface area contributed by atoms with Gasteiger partial charge in [-0.25, -0.2) is 4.79 Å². The molecule has 0 saturated carbocycles. The van der Waals surface area contributed by atoms with E-state index in [4.69, 9.17) is 4.74 Å². The highest BCUT2D eigenvalue weighted by atomic mass is 16.5. The van der Waals surface area contributed by atoms with Gasteiger partial charge in [0.05, 0.1) is 6.61 Å². The molecule has 2 unspecified atom stereocenters. The summed E-state index contributed by atoms with van der Waals surface area (Å²) in [5.41, 5.74) is 0.493. The maximum absolute atomic E-state index is 12.0. The standard InChI is InChI=1S/C16H21NO5/c1-3-22-16(21)14(17-13(19)10-9-11(2)18)15(20)12-7-5-4-6-8-12/h4-8,14-15,20H,3,9-10H2,1-2H3,(H,17,19). The number of ketones is 1. The van der Waals surface area contributed by atoms with E-state index in [0.29, 0.717) is 5.56 Å². The van der Waals surface area contributed by atoms with E-state index in [1.165, 1.54) is 6.92 Å². The molecular formula is C16H21NO5. The summed E-state index contributed by atoms with van der Waals surface area (Å²) < 4.78 is 4.89. The number of ether oxygens (including phenoxy) is 1. The van der Waals surface area contributed by atoms with Crippen LogP contribution in [0, 0.1) is 0 Å². The molecule has 1 amide bonds. The monoisotopic (exact) mass is 307 g/mol. The lowest BCUT2D eigenvalue weighted by Gasteiger charge is -2.22. The first-order valence-corrected chi connectivity index (χ1v) is 7.14. The van der Waals surface area contributed by atoms with Crippen molar-refractivity contribution in [2.75, 3.05) is 6.61 Å². The van der Waals surface area contributed by atoms with Gasteiger partial charge in [0.15, 0.2) is 6.04 Å². The van der Waals surface area contributed by atoms with Gasteiger partial charge in [-0.2, -0.15) is 0 Å². The van der Waals surface area contributed by atoms with E-state index < -0.39 is 24.0 Å². The molecule has 0 fully saturated rings. The Morgan fingerprint density at radius 1 is 1.18 bits per heavy atom. The third-order valence-corrected chi connectivity index (χ3v) is 3.02. The number of amides is 1. The number of aliphatic hydroxyl groups is 1. The smallest absolute Gasteiger partial charge is 0.331 e. The minimum atomic E-state index is -1.22. The molecule has 1 rings (SSSR count). The van der Waals surface area contributed by atoms with Gasteiger partial charge in [-0.05, 0) is 19.4 Å². The Morgan fingerprint density at radius 3 is 2.36 bits per heavy atom. The lowest BCUT2D eigenvalue weighted by atomic mass is 10.0. The van der Waals surface area contributed by atoms with Crippen molar-refractivity contribution in [2.45, 2.75) is 38.8 Å². The van der Waals surface area contributed by atoms with Crippen LogP contribution in [-0.4, -0.2) is 35.4 Å². The number of hydrogen-bond donors (Lipinski definition) is 2. The molecule has 0 aliphatic carbocycles. The number of Topliss-reactive ketones (excluding diaryl/α,β-unsaturated/α-hetero) is 1. The van der Waals surface area contributed by atoms with Crippen molar-refractivity contribution >= 4 is 17.7 Å². The maximum Gasteiger partial charge on any atom is 0.331 e. The second-order valence-electron chi connectivity index (χ2n) is 4.85. The van der Waals surface area contributed by atoms with Crippen LogP contribution >= 0.6 is 0 Å². The summed E-state index contributed by atoms with van der Waals surface area (Å²) in [4.78, 5) is 34.7. The van der Waals surface area contributed by atoms with Gasteiger partial charge in [0.25, 0.3) is 0 Å². The van der Waals surface area contributed by atoms with Crippen LogP contribution in [0.15, 0.2) is 30.3 Å². The fourth-order valence-corrected chi connectivity index (χ4v) is 1.88. The number of hydrogen-bond acceptors (Lipinski definition) is 5. The van der Waals surface area contributed by atoms with Gasteiger partial charge in [-0.3, -0.25) is 4.79 Å². The largest absolute Gasteiger partial charge is 0.464 e. The highest BCUT2D eigenvalue weighted by Gasteiger charge is 2.30. The van der Waals surface area contributed by atoms with Crippen LogP contribution in [0.1, 0.15) is 38.4 Å². The first-order valence-electron chi connectivity index (χ1n) is 7.14. The SMILES string of the molecule is CCOC(=O)C(NC(=O)CCC(C)=O)C(O)c1ccccc1. The molecule has 1 aromatic rings. The molecule has 0 aromatic heterocycles. The van der Waals surface area contributed by atoms with Crippen molar-refractivity contribution in [2.24, 2.45) is 0 Å². The average molecular weight is 307 g/mol. The Balaban J connectivity index is 2.82. The van der Waals surface area contributed by atoms with E-state index in [0.717, 1.165) is 0 Å². The summed E-state index contributed by atoms with van der Waals surface area (Å²) in [6, 6.07) is 7.32. The van der Waals surface area contributed by atoms with Crippen molar-refractivity contribution in [3.63, 3.8) is 0 Å². The van der Waals surface area contributed by atoms with E-state index in [1.807, 2.05) is 0 Å². The van der Waals surface area contributed by atoms with Crippen molar-refractivity contribution in [3.8, 4) is 0 Å². The van der Waals surface area contributed by atoms with Gasteiger partial charge in [-0.1, -0.05) is 30.3 Å². The van der Waals surface area contributed by atoms with Crippen LogP contribution in [0.2, 0.25) is 0 Å². The van der Waals surface area contributed by atoms with Crippen LogP contribution < -0.4 is 5.32 Å². The lowest BCUT2D eigenvalue weighted by molar-refractivity contribution is -0.151. The normalized spacial score (nSPS) is 13.0. The van der Waals surface area contributed by atoms with E-state index in [2.05, 4.69) is 5.32 Å². The van der Waals surface area contributed by atoms with Crippen LogP contribution in [0.3, 0.4) is 0 Å². The van der Waals surface area contributed by atoms with Crippen molar-refractivity contribution in [3.05, 3.63) is 35.9 Å². The van der Waals surface area contributed by atoms with Gasteiger partial charge in [0.1, 0.15) is 11.9 Å². The Morgan fingerprint density at radius 2 is 1.82 bits per heavy atom. The maximum atomic E-state index is 12.0. The second kappa shape index (κ2) is 8.94. The van der Waals surface area contributed by atoms with Crippen LogP contribution in [0.4, 0.5) is 0 Å². The summed E-state index contributed by atoms with van der Waals surface area (Å²) in [6.45, 7) is 3.16. The molecule has 0 radical (unpaired) electrons. The lowest BCUT2D eigenvalue weighted by Crippen LogP contribution is -2.46. The van der Waals surface area contributed by atoms with E-state index in [-0.39, 0.29) is 25.2 Å². The van der Waals surface area contributed by atoms with Gasteiger partial charge in [0.2, 0.25) is 5.91 Å². The molecule has 6 heteroatoms. The zero-order valence-electron chi connectivity index (χ0n) is 12.7. The van der Waals surface area contributed by atoms with Crippen LogP contribution in [0.25, 0.3) is 0 Å². The molecule has 6 nitrogen and oxygen atoms in total. The van der Waals surface area contributed by atoms with Gasteiger partial charge >= 0.3 is 5.97 Å². The number of nitrogens with one attached hydrogen (secondary N) is 1. The zero-order chi connectivity index (χ0) is 16.5. The molecule has 0 bridgehead atoms. The van der Waals surface area contributed by atoms with E-state index in [1.54, 1.807) is 37.3 Å². The number of carbonyl (C=O) groups is 3. The average Bonchev–Trinajstić information content (AvgIpc) is 2.51. The number of esters is 1. The van der Waals surface area contributed by atoms with Gasteiger partial charge in [0, 0.05) is 12.8 Å². The molecular weight excluding hydrogens is 286 g/mol. The summed E-state index contributed by atoms with van der Waals surface area (Å²) in [5, 5.41) is 12.8. The molecule has 2 atom stereocenters. The summed E-state index contributed by atoms with van der Waals surface area (Å²) >= 11 is 0. The minimum Gasteiger partial charge on any atom is -0.464 e. The third-order valence-electron chi connectivity index (χ3n) is 3.02. The molecule has 0 spiro atoms. The predicted molar refractivity (Wildman–Crippen MR) is 79.9 cm³/mol. The molecule has 22 heavy (non-hydrogen) atoms. The Labute approximate surface area is 129 Å². The molecule has 0 saturated heterocycles. The molecule has 0 aliphatic heterocycles. The fourth-order valence-electron chi connectivity index (χ4n) is 1.88. The van der Waals surface area contributed by atoms with E-state index >= 15 is 0 Å². The molecule has 0 heterocycles. The number of carbonyl (C=O) groups excluding carboxylic acids is 3. The first kappa shape index (κ1) is 17.8. The Hall–Kier alpha value is -2.21. The Bertz CT molecular complexity index is 515. The highest BCUT2D eigenvalue weighted by molar-refractivity contribution is 5.87. The Kier molecular flexibility index (Phi) is 7.25. The predicted octanol–water partition coefficient (Wildman–Crippen LogP) is 1.14. The third kappa shape index (κ3) is 5.65. The van der Waals surface area contributed by atoms with Crippen LogP contribution in [-0.2, 0) is 19.1 Å². The van der Waals surface area contributed by atoms with Crippen LogP contribution in [0.5, 0.6) is 0 Å². The number of aliphatic hydroxyl groups excluding tert-OH is 1. The fraction of sp³-hybridized carbons (Fsp3) is 0.438. The second-order valence-corrected chi connectivity index (χ2v) is 4.85. The van der Waals surface area contributed by atoms with Crippen molar-refractivity contribution in [1.29, 1.82) is 0 Å². The van der Waals surface area contributed by atoms with Gasteiger partial charge in [-0.15, -0.1) is 0 Å². The molecule has 120 valence electrons. The number of benzene rings is 1. The molecule has 0 aliphatic rings. The van der Waals surface area contributed by atoms with E-state index in [9.17, 15) is 19.5 Å². The summed E-state index contributed by atoms with van der Waals surface area (Å²) in [5.74, 6) is -1.32. The summed E-state index contributed by atoms with van der Waals surface area (Å²) in [7, 11) is 0. The van der Waals surface area contributed by atoms with Gasteiger partial charge < -0.3 is 20.0 Å². The topological polar surface area (TPSA) is 92.7 Å². The highest BCUT2D eigenvalue weighted by Crippen LogP contribution is 2.18. The summed E-state index contributed by atoms with van der Waals surface area (Å²) in [6.07, 6.45) is -1.17. The minimum absolute atomic E-state index is 0.0350. The zero-order valence-corrected chi connectivity index (χ0v) is 12.7.